The van der Waals surface area contributed by atoms with Crippen LogP contribution < -0.4 is 20.7 Å². The summed E-state index contributed by atoms with van der Waals surface area (Å²) in [5, 5.41) is 63.9. The van der Waals surface area contributed by atoms with Gasteiger partial charge in [0.15, 0.2) is 17.9 Å². The molecule has 2 fully saturated rings. The molecule has 3 aromatic carbocycles. The van der Waals surface area contributed by atoms with Crippen LogP contribution in [-0.4, -0.2) is 165 Å². The molecule has 4 aliphatic rings. The van der Waals surface area contributed by atoms with Gasteiger partial charge in [0.1, 0.15) is 60.3 Å². The van der Waals surface area contributed by atoms with Crippen molar-refractivity contribution in [3.8, 4) is 17.2 Å². The average Bonchev–Trinajstić information content (AvgIpc) is 3.86. The first-order valence-electron chi connectivity index (χ1n) is 23.0. The fraction of sp³-hybridized carbons (Fsp3) is 0.469. The van der Waals surface area contributed by atoms with Crippen molar-refractivity contribution in [2.24, 2.45) is 0 Å². The van der Waals surface area contributed by atoms with E-state index < -0.39 is 150 Å². The van der Waals surface area contributed by atoms with Gasteiger partial charge in [-0.2, -0.15) is 0 Å². The van der Waals surface area contributed by atoms with Crippen LogP contribution in [0.1, 0.15) is 101 Å². The summed E-state index contributed by atoms with van der Waals surface area (Å²) in [4.78, 5) is 109. The molecular formula is C49H57N5O17. The third kappa shape index (κ3) is 10.3. The summed E-state index contributed by atoms with van der Waals surface area (Å²) < 4.78 is 22.9. The van der Waals surface area contributed by atoms with E-state index >= 15 is 0 Å². The van der Waals surface area contributed by atoms with Crippen LogP contribution in [0, 0.1) is 0 Å². The number of benzene rings is 3. The lowest BCUT2D eigenvalue weighted by molar-refractivity contribution is -0.249. The molecule has 71 heavy (non-hydrogen) atoms. The zero-order valence-electron chi connectivity index (χ0n) is 39.6. The van der Waals surface area contributed by atoms with E-state index in [1.54, 1.807) is 24.3 Å². The number of carbonyl (C=O) groups is 8. The van der Waals surface area contributed by atoms with Crippen LogP contribution in [0.4, 0.5) is 4.79 Å². The Morgan fingerprint density at radius 2 is 1.66 bits per heavy atom. The van der Waals surface area contributed by atoms with Crippen LogP contribution in [0.3, 0.4) is 0 Å². The number of aliphatic hydroxyl groups is 3. The number of fused-ring (bicyclic) bond motifs is 3. The number of ether oxygens (including phenoxy) is 4. The number of Topliss-reactive ketones (excluding diaryl/α,β-unsaturated/α-hetero) is 1. The Kier molecular flexibility index (Phi) is 15.5. The van der Waals surface area contributed by atoms with Crippen molar-refractivity contribution in [2.75, 3.05) is 33.9 Å². The summed E-state index contributed by atoms with van der Waals surface area (Å²) in [6.07, 6.45) is -6.76. The summed E-state index contributed by atoms with van der Waals surface area (Å²) in [6, 6.07) is 8.97. The molecule has 0 spiro atoms. The number of rotatable bonds is 15. The zero-order chi connectivity index (χ0) is 51.6. The highest BCUT2D eigenvalue weighted by atomic mass is 16.7. The first kappa shape index (κ1) is 51.9. The van der Waals surface area contributed by atoms with Crippen LogP contribution in [0.25, 0.3) is 0 Å². The molecule has 2 aliphatic carbocycles. The largest absolute Gasteiger partial charge is 0.507 e. The average molecular weight is 988 g/mol. The molecule has 380 valence electrons. The molecule has 0 bridgehead atoms. The number of nitrogens with one attached hydrogen (secondary N) is 3. The maximum absolute atomic E-state index is 14.0. The number of ketones is 3. The molecular weight excluding hydrogens is 931 g/mol. The van der Waals surface area contributed by atoms with Gasteiger partial charge < -0.3 is 65.3 Å². The fourth-order valence-electron chi connectivity index (χ4n) is 9.43. The fourth-order valence-corrected chi connectivity index (χ4v) is 9.43. The van der Waals surface area contributed by atoms with Gasteiger partial charge in [0.2, 0.25) is 29.4 Å². The number of methoxy groups -OCH3 is 1. The summed E-state index contributed by atoms with van der Waals surface area (Å²) >= 11 is 0. The summed E-state index contributed by atoms with van der Waals surface area (Å²) in [6.45, 7) is 2.87. The second-order valence-corrected chi connectivity index (χ2v) is 18.1. The van der Waals surface area contributed by atoms with Crippen molar-refractivity contribution < 1.29 is 82.8 Å². The molecule has 22 nitrogen and oxygen atoms in total. The molecule has 5 amide bonds. The molecule has 22 heteroatoms. The highest BCUT2D eigenvalue weighted by molar-refractivity contribution is 6.31. The van der Waals surface area contributed by atoms with Gasteiger partial charge in [0.25, 0.3) is 0 Å². The van der Waals surface area contributed by atoms with Crippen LogP contribution in [-0.2, 0) is 51.2 Å². The third-order valence-electron chi connectivity index (χ3n) is 13.6. The molecule has 0 radical (unpaired) electrons. The summed E-state index contributed by atoms with van der Waals surface area (Å²) in [5.74, 6) is -7.10. The number of aromatic hydroxyl groups is 2. The number of nitrogens with zero attached hydrogens (tertiary/aromatic N) is 2. The van der Waals surface area contributed by atoms with Crippen molar-refractivity contribution in [2.45, 2.75) is 114 Å². The van der Waals surface area contributed by atoms with Crippen molar-refractivity contribution in [1.29, 1.82) is 0 Å². The monoisotopic (exact) mass is 987 g/mol. The molecule has 0 aromatic heterocycles. The number of aliphatic hydroxyl groups excluding tert-OH is 2. The van der Waals surface area contributed by atoms with Crippen molar-refractivity contribution in [1.82, 2.24) is 25.8 Å². The Balaban J connectivity index is 0.982. The Labute approximate surface area is 407 Å². The topological polar surface area (TPSA) is 317 Å². The number of carbonyl (C=O) groups excluding carboxylic acids is 8. The van der Waals surface area contributed by atoms with Crippen LogP contribution in [0.2, 0.25) is 0 Å². The lowest BCUT2D eigenvalue weighted by Crippen LogP contribution is -2.59. The van der Waals surface area contributed by atoms with Crippen molar-refractivity contribution >= 4 is 47.1 Å². The minimum Gasteiger partial charge on any atom is -0.507 e. The molecule has 0 saturated carbocycles. The van der Waals surface area contributed by atoms with Gasteiger partial charge in [-0.3, -0.25) is 38.5 Å². The number of likely N-dealkylation sites (N-methyl/N-ethyl adjacent to an activating group) is 1. The Bertz CT molecular complexity index is 2630. The second kappa shape index (κ2) is 21.2. The van der Waals surface area contributed by atoms with Crippen LogP contribution >= 0.6 is 0 Å². The van der Waals surface area contributed by atoms with E-state index in [0.29, 0.717) is 12.8 Å². The van der Waals surface area contributed by atoms with Crippen LogP contribution in [0.15, 0.2) is 48.5 Å². The number of phenolic OH excluding ortho intramolecular Hbond substituents is 2. The smallest absolute Gasteiger partial charge is 0.410 e. The van der Waals surface area contributed by atoms with Gasteiger partial charge in [0.05, 0.1) is 48.6 Å². The van der Waals surface area contributed by atoms with E-state index in [4.69, 9.17) is 18.9 Å². The number of hydrogen-bond acceptors (Lipinski definition) is 17. The molecule has 2 aliphatic heterocycles. The highest BCUT2D eigenvalue weighted by Crippen LogP contribution is 2.52. The predicted octanol–water partition coefficient (Wildman–Crippen LogP) is 0.428. The standard InChI is InChI=1S/C49H57N5O17/c1-23(51-47(65)30-14-10-16-54(30)48(66)69-22-26-11-7-6-8-12-26)45(63)50-20-34(57)53(4)24(2)46(64)52-29-17-35(70-25(3)40(29)58)71-32-19-49(67,33(56)21-55)18-28-37(32)44(62)39-38(42(28)60)41(59)27-13-9-15-31(68-5)36(27)43(39)61/h6-9,11-13,15,23-25,29-30,32,35,40,55,58,60,62,67H,10,14,16-22H2,1-5H3,(H,50,63)(H,51,65)(H,52,64)/t23-,24-,25+,29+,30?,32+,35+,40-,49+/m0/s1. The predicted molar refractivity (Wildman–Crippen MR) is 245 cm³/mol. The van der Waals surface area contributed by atoms with E-state index in [1.165, 1.54) is 58.0 Å². The van der Waals surface area contributed by atoms with Crippen LogP contribution in [0.5, 0.6) is 17.2 Å². The Morgan fingerprint density at radius 1 is 0.958 bits per heavy atom. The minimum atomic E-state index is -2.42. The van der Waals surface area contributed by atoms with Gasteiger partial charge >= 0.3 is 6.09 Å². The lowest BCUT2D eigenvalue weighted by Gasteiger charge is -2.43. The lowest BCUT2D eigenvalue weighted by atomic mass is 9.72. The molecule has 1 unspecified atom stereocenters. The van der Waals surface area contributed by atoms with E-state index in [-0.39, 0.29) is 47.6 Å². The molecule has 2 heterocycles. The maximum Gasteiger partial charge on any atom is 0.410 e. The van der Waals surface area contributed by atoms with Gasteiger partial charge in [-0.15, -0.1) is 0 Å². The van der Waals surface area contributed by atoms with Gasteiger partial charge in [-0.1, -0.05) is 42.5 Å². The van der Waals surface area contributed by atoms with Gasteiger partial charge in [-0.05, 0) is 45.2 Å². The molecule has 7 rings (SSSR count). The first-order chi connectivity index (χ1) is 33.7. The quantitative estimate of drug-likeness (QED) is 0.0749. The zero-order valence-corrected chi connectivity index (χ0v) is 39.6. The molecule has 9 atom stereocenters. The van der Waals surface area contributed by atoms with E-state index in [2.05, 4.69) is 16.0 Å². The normalized spacial score (nSPS) is 24.3. The van der Waals surface area contributed by atoms with Crippen molar-refractivity contribution in [3.05, 3.63) is 87.5 Å². The number of phenols is 2. The SMILES string of the molecule is COc1cccc2c1C(=O)c1c(O)c3c(c(O)c1C2=O)C[C@](O)(C(=O)CO)C[C@H]3O[C@@H]1C[C@@H](NC(=O)[C@H](C)N(C)C(=O)CNC(=O)[C@H](C)NC(=O)C2CCCN2C(=O)OCc2ccccc2)[C@@H](O)[C@@H](C)O1. The Hall–Kier alpha value is -6.98. The summed E-state index contributed by atoms with van der Waals surface area (Å²) in [7, 11) is 2.59. The van der Waals surface area contributed by atoms with E-state index in [1.807, 2.05) is 6.07 Å². The molecule has 2 saturated heterocycles. The summed E-state index contributed by atoms with van der Waals surface area (Å²) in [5.41, 5.74) is -3.66. The number of hydrogen-bond donors (Lipinski definition) is 8. The van der Waals surface area contributed by atoms with Gasteiger partial charge in [-0.25, -0.2) is 4.79 Å². The molecule has 8 N–H and O–H groups in total. The molecule has 3 aromatic rings. The third-order valence-corrected chi connectivity index (χ3v) is 13.6. The second-order valence-electron chi connectivity index (χ2n) is 18.1. The van der Waals surface area contributed by atoms with E-state index in [0.717, 1.165) is 10.5 Å². The number of amides is 5. The maximum atomic E-state index is 14.0. The van der Waals surface area contributed by atoms with Crippen molar-refractivity contribution in [3.63, 3.8) is 0 Å². The van der Waals surface area contributed by atoms with E-state index in [9.17, 15) is 63.9 Å². The Morgan fingerprint density at radius 3 is 2.35 bits per heavy atom. The minimum absolute atomic E-state index is 0.0201. The highest BCUT2D eigenvalue weighted by Gasteiger charge is 2.50. The first-order valence-corrected chi connectivity index (χ1v) is 23.0. The van der Waals surface area contributed by atoms with Gasteiger partial charge in [0, 0.05) is 49.5 Å². The number of likely N-dealkylation sites (tertiary alicyclic amines) is 1.